The molecule has 2 aromatic carbocycles. The lowest BCUT2D eigenvalue weighted by Gasteiger charge is -2.24. The van der Waals surface area contributed by atoms with Crippen LogP contribution in [0.15, 0.2) is 42.6 Å². The fourth-order valence-corrected chi connectivity index (χ4v) is 5.77. The third-order valence-corrected chi connectivity index (χ3v) is 7.43. The molecule has 11 heteroatoms. The minimum Gasteiger partial charge on any atom is -0.488 e. The summed E-state index contributed by atoms with van der Waals surface area (Å²) in [6.45, 7) is -4.55. The second-order valence-corrected chi connectivity index (χ2v) is 9.81. The molecule has 0 fully saturated rings. The zero-order valence-electron chi connectivity index (χ0n) is 22.8. The molecule has 1 amide bonds. The van der Waals surface area contributed by atoms with Gasteiger partial charge in [0.15, 0.2) is 5.82 Å². The Morgan fingerprint density at radius 2 is 2.11 bits per heavy atom. The molecule has 3 aliphatic rings. The number of alkyl halides is 2. The van der Waals surface area contributed by atoms with E-state index in [-0.39, 0.29) is 52.3 Å². The molecular formula is C27H21F3N4O4. The van der Waals surface area contributed by atoms with Crippen LogP contribution in [-0.2, 0) is 5.60 Å². The van der Waals surface area contributed by atoms with Crippen LogP contribution in [0.4, 0.5) is 13.2 Å². The van der Waals surface area contributed by atoms with E-state index in [0.29, 0.717) is 21.9 Å². The van der Waals surface area contributed by atoms with E-state index in [0.717, 1.165) is 0 Å². The normalized spacial score (nSPS) is 24.8. The smallest absolute Gasteiger partial charge is 0.387 e. The van der Waals surface area contributed by atoms with E-state index in [9.17, 15) is 18.7 Å². The molecule has 2 bridgehead atoms. The van der Waals surface area contributed by atoms with Crippen molar-refractivity contribution in [1.82, 2.24) is 19.4 Å². The predicted octanol–water partition coefficient (Wildman–Crippen LogP) is 4.56. The zero-order valence-corrected chi connectivity index (χ0v) is 19.8. The van der Waals surface area contributed by atoms with Gasteiger partial charge < -0.3 is 24.0 Å². The summed E-state index contributed by atoms with van der Waals surface area (Å²) in [5.74, 6) is -1.46. The van der Waals surface area contributed by atoms with Crippen LogP contribution in [-0.4, -0.2) is 50.6 Å². The van der Waals surface area contributed by atoms with Gasteiger partial charge in [-0.2, -0.15) is 8.78 Å². The highest BCUT2D eigenvalue weighted by atomic mass is 19.3. The molecule has 0 spiro atoms. The van der Waals surface area contributed by atoms with Crippen molar-refractivity contribution < 1.29 is 36.7 Å². The Bertz CT molecular complexity index is 1780. The topological polar surface area (TPSA) is 89.7 Å². The highest BCUT2D eigenvalue weighted by Crippen LogP contribution is 2.51. The average molecular weight is 526 g/mol. The number of pyridine rings is 1. The molecule has 3 aliphatic heterocycles. The number of halogens is 3. The van der Waals surface area contributed by atoms with Crippen molar-refractivity contribution in [3.05, 3.63) is 71.1 Å². The number of aliphatic hydroxyl groups is 1. The number of fused-ring (bicyclic) bond motifs is 10. The van der Waals surface area contributed by atoms with Gasteiger partial charge in [-0.15, -0.1) is 0 Å². The largest absolute Gasteiger partial charge is 0.488 e. The van der Waals surface area contributed by atoms with E-state index >= 15 is 4.39 Å². The Labute approximate surface area is 218 Å². The van der Waals surface area contributed by atoms with Gasteiger partial charge in [-0.3, -0.25) is 9.78 Å². The molecule has 2 aromatic heterocycles. The van der Waals surface area contributed by atoms with Crippen molar-refractivity contribution in [1.29, 1.82) is 0 Å². The van der Waals surface area contributed by atoms with Crippen LogP contribution in [0.1, 0.15) is 57.0 Å². The van der Waals surface area contributed by atoms with Crippen LogP contribution in [0, 0.1) is 5.82 Å². The maximum Gasteiger partial charge on any atom is 0.387 e. The number of ether oxygens (including phenoxy) is 2. The number of rotatable bonds is 3. The van der Waals surface area contributed by atoms with Gasteiger partial charge in [0.1, 0.15) is 40.7 Å². The Balaban J connectivity index is 1.47. The van der Waals surface area contributed by atoms with Crippen molar-refractivity contribution in [2.75, 3.05) is 13.6 Å². The number of nitrogens with zero attached hydrogens (tertiary/aromatic N) is 4. The van der Waals surface area contributed by atoms with Crippen molar-refractivity contribution in [2.45, 2.75) is 37.6 Å². The molecule has 0 aliphatic carbocycles. The first-order valence-corrected chi connectivity index (χ1v) is 11.8. The van der Waals surface area contributed by atoms with E-state index in [2.05, 4.69) is 9.97 Å². The Kier molecular flexibility index (Phi) is 4.04. The first-order valence-electron chi connectivity index (χ1n) is 13.3. The summed E-state index contributed by atoms with van der Waals surface area (Å²) in [4.78, 5) is 23.1. The molecule has 0 unspecified atom stereocenters. The van der Waals surface area contributed by atoms with E-state index < -0.39 is 43.0 Å². The van der Waals surface area contributed by atoms with Crippen molar-refractivity contribution in [3.8, 4) is 22.6 Å². The lowest BCUT2D eigenvalue weighted by molar-refractivity contribution is -0.0507. The van der Waals surface area contributed by atoms with Gasteiger partial charge in [0, 0.05) is 46.0 Å². The zero-order chi connectivity index (χ0) is 29.0. The van der Waals surface area contributed by atoms with Gasteiger partial charge in [0.05, 0.1) is 17.6 Å². The Morgan fingerprint density at radius 3 is 2.89 bits per heavy atom. The fourth-order valence-electron chi connectivity index (χ4n) is 5.77. The van der Waals surface area contributed by atoms with Gasteiger partial charge in [-0.1, -0.05) is 6.07 Å². The molecule has 0 saturated heterocycles. The summed E-state index contributed by atoms with van der Waals surface area (Å²) < 4.78 is 79.4. The number of hydrogen-bond donors (Lipinski definition) is 1. The highest BCUT2D eigenvalue weighted by molar-refractivity contribution is 5.98. The molecule has 8 nitrogen and oxygen atoms in total. The average Bonchev–Trinajstić information content (AvgIpc) is 3.50. The SMILES string of the molecule is [2H]C([2H])([2H])N1C(=O)c2cccc(OC(F)F)c2[C@H]2C[C@@H]1c1nc3ccc(-c4cnc5c(c4)OC[C@@]5(C)O)c(F)c3n12. The molecule has 0 saturated carbocycles. The summed E-state index contributed by atoms with van der Waals surface area (Å²) in [5, 5.41) is 10.4. The predicted molar refractivity (Wildman–Crippen MR) is 129 cm³/mol. The summed E-state index contributed by atoms with van der Waals surface area (Å²) >= 11 is 0. The monoisotopic (exact) mass is 525 g/mol. The quantitative estimate of drug-likeness (QED) is 0.422. The van der Waals surface area contributed by atoms with E-state index in [1.165, 1.54) is 35.0 Å². The van der Waals surface area contributed by atoms with Crippen molar-refractivity contribution in [2.24, 2.45) is 0 Å². The molecule has 1 N–H and O–H groups in total. The number of amides is 1. The van der Waals surface area contributed by atoms with Crippen LogP contribution >= 0.6 is 0 Å². The van der Waals surface area contributed by atoms with Crippen LogP contribution in [0.25, 0.3) is 22.2 Å². The fraction of sp³-hybridized carbons (Fsp3) is 0.296. The maximum atomic E-state index is 16.5. The summed E-state index contributed by atoms with van der Waals surface area (Å²) in [5.41, 5.74) is -0.350. The van der Waals surface area contributed by atoms with E-state index in [1.54, 1.807) is 19.1 Å². The van der Waals surface area contributed by atoms with Gasteiger partial charge in [0.25, 0.3) is 5.91 Å². The van der Waals surface area contributed by atoms with Gasteiger partial charge in [0.2, 0.25) is 0 Å². The highest BCUT2D eigenvalue weighted by Gasteiger charge is 2.45. The number of hydrogen-bond acceptors (Lipinski definition) is 6. The van der Waals surface area contributed by atoms with Crippen LogP contribution in [0.5, 0.6) is 11.5 Å². The third kappa shape index (κ3) is 3.05. The van der Waals surface area contributed by atoms with Crippen LogP contribution in [0.3, 0.4) is 0 Å². The first kappa shape index (κ1) is 19.9. The number of benzene rings is 2. The van der Waals surface area contributed by atoms with Crippen molar-refractivity contribution >= 4 is 16.9 Å². The lowest BCUT2D eigenvalue weighted by Crippen LogP contribution is -2.30. The molecule has 5 heterocycles. The second kappa shape index (κ2) is 7.70. The molecule has 194 valence electrons. The minimum absolute atomic E-state index is 0.000640. The van der Waals surface area contributed by atoms with Gasteiger partial charge >= 0.3 is 6.61 Å². The number of carbonyl (C=O) groups excluding carboxylic acids is 1. The summed E-state index contributed by atoms with van der Waals surface area (Å²) in [6, 6.07) is 6.55. The minimum atomic E-state index is -3.21. The molecule has 7 rings (SSSR count). The second-order valence-electron chi connectivity index (χ2n) is 9.81. The molecular weight excluding hydrogens is 501 g/mol. The molecule has 3 atom stereocenters. The standard InChI is InChI=1S/C27H21F3N4O4/c1-27(36)11-37-19-8-12(10-31-23(19)27)13-6-7-15-22(21(13)28)34-16-9-17(24(34)32-15)33(2)25(35)14-4-3-5-18(20(14)16)38-26(29)30/h3-8,10,16-17,26,36H,9,11H2,1-2H3/t16-,17-,27-/m1/s1/i2D3. The summed E-state index contributed by atoms with van der Waals surface area (Å²) in [6.07, 6.45) is 1.38. The van der Waals surface area contributed by atoms with Crippen molar-refractivity contribution in [3.63, 3.8) is 0 Å². The molecule has 4 aromatic rings. The number of imidazole rings is 1. The Morgan fingerprint density at radius 1 is 1.26 bits per heavy atom. The van der Waals surface area contributed by atoms with Crippen LogP contribution < -0.4 is 9.47 Å². The van der Waals surface area contributed by atoms with E-state index in [1.807, 2.05) is 0 Å². The molecule has 38 heavy (non-hydrogen) atoms. The maximum absolute atomic E-state index is 16.5. The third-order valence-electron chi connectivity index (χ3n) is 7.43. The van der Waals surface area contributed by atoms with Gasteiger partial charge in [-0.25, -0.2) is 9.37 Å². The molecule has 0 radical (unpaired) electrons. The Hall–Kier alpha value is -4.12. The summed E-state index contributed by atoms with van der Waals surface area (Å²) in [7, 11) is 0. The number of carbonyl (C=O) groups is 1. The van der Waals surface area contributed by atoms with Gasteiger partial charge in [-0.05, 0) is 37.3 Å². The van der Waals surface area contributed by atoms with Crippen LogP contribution in [0.2, 0.25) is 0 Å². The van der Waals surface area contributed by atoms with E-state index in [4.69, 9.17) is 13.6 Å². The lowest BCUT2D eigenvalue weighted by atomic mass is 9.97. The number of aromatic nitrogens is 3. The first-order chi connectivity index (χ1) is 19.4.